The van der Waals surface area contributed by atoms with Crippen LogP contribution >= 0.6 is 0 Å². The number of allylic oxidation sites excluding steroid dienone is 2. The molecule has 1 unspecified atom stereocenters. The molecule has 2 heteroatoms. The Morgan fingerprint density at radius 1 is 1.50 bits per heavy atom. The van der Waals surface area contributed by atoms with E-state index < -0.39 is 0 Å². The third kappa shape index (κ3) is 4.21. The van der Waals surface area contributed by atoms with Crippen molar-refractivity contribution < 1.29 is 0 Å². The number of hydrogen-bond donors (Lipinski definition) is 1. The van der Waals surface area contributed by atoms with E-state index in [-0.39, 0.29) is 0 Å². The van der Waals surface area contributed by atoms with Crippen LogP contribution in [0.1, 0.15) is 46.5 Å². The predicted octanol–water partition coefficient (Wildman–Crippen LogP) is 3.66. The van der Waals surface area contributed by atoms with Crippen molar-refractivity contribution in [2.45, 2.75) is 52.5 Å². The largest absolute Gasteiger partial charge is 0.350 e. The van der Waals surface area contributed by atoms with E-state index in [9.17, 15) is 0 Å². The van der Waals surface area contributed by atoms with Gasteiger partial charge in [0.25, 0.3) is 0 Å². The van der Waals surface area contributed by atoms with Crippen molar-refractivity contribution >= 4 is 5.84 Å². The van der Waals surface area contributed by atoms with E-state index in [0.717, 1.165) is 18.7 Å². The molecular formula is C14H24N2. The van der Waals surface area contributed by atoms with Gasteiger partial charge >= 0.3 is 0 Å². The lowest BCUT2D eigenvalue weighted by Gasteiger charge is -2.13. The van der Waals surface area contributed by atoms with E-state index in [2.05, 4.69) is 32.7 Å². The van der Waals surface area contributed by atoms with Crippen LogP contribution in [0.5, 0.6) is 0 Å². The highest BCUT2D eigenvalue weighted by molar-refractivity contribution is 5.85. The molecule has 1 aliphatic carbocycles. The lowest BCUT2D eigenvalue weighted by molar-refractivity contribution is 0.712. The van der Waals surface area contributed by atoms with Crippen molar-refractivity contribution in [2.75, 3.05) is 0 Å². The molecule has 0 saturated heterocycles. The summed E-state index contributed by atoms with van der Waals surface area (Å²) in [7, 11) is 0. The summed E-state index contributed by atoms with van der Waals surface area (Å²) in [4.78, 5) is 4.73. The van der Waals surface area contributed by atoms with Crippen LogP contribution in [-0.4, -0.2) is 11.9 Å². The second-order valence-electron chi connectivity index (χ2n) is 4.48. The Morgan fingerprint density at radius 2 is 2.19 bits per heavy atom. The molecule has 1 saturated carbocycles. The Kier molecular flexibility index (Phi) is 5.30. The monoisotopic (exact) mass is 220 g/mol. The molecule has 1 aliphatic rings. The lowest BCUT2D eigenvalue weighted by atomic mass is 10.1. The summed E-state index contributed by atoms with van der Waals surface area (Å²) in [6.45, 7) is 10.4. The number of hydrogen-bond acceptors (Lipinski definition) is 1. The maximum absolute atomic E-state index is 4.73. The van der Waals surface area contributed by atoms with Crippen molar-refractivity contribution in [3.05, 3.63) is 24.4 Å². The molecule has 90 valence electrons. The molecule has 0 spiro atoms. The highest BCUT2D eigenvalue weighted by Gasteiger charge is 2.22. The van der Waals surface area contributed by atoms with Crippen LogP contribution in [0.25, 0.3) is 0 Å². The summed E-state index contributed by atoms with van der Waals surface area (Å²) in [5.74, 6) is 1.65. The fourth-order valence-electron chi connectivity index (χ4n) is 1.37. The summed E-state index contributed by atoms with van der Waals surface area (Å²) < 4.78 is 0. The van der Waals surface area contributed by atoms with Crippen LogP contribution < -0.4 is 5.32 Å². The third-order valence-corrected chi connectivity index (χ3v) is 3.02. The quantitative estimate of drug-likeness (QED) is 0.412. The molecule has 0 aromatic heterocycles. The van der Waals surface area contributed by atoms with E-state index in [4.69, 9.17) is 4.99 Å². The molecule has 0 amide bonds. The zero-order valence-electron chi connectivity index (χ0n) is 10.8. The second kappa shape index (κ2) is 6.51. The lowest BCUT2D eigenvalue weighted by Crippen LogP contribution is -2.25. The van der Waals surface area contributed by atoms with E-state index in [1.54, 1.807) is 0 Å². The van der Waals surface area contributed by atoms with Crippen LogP contribution in [0, 0.1) is 5.92 Å². The van der Waals surface area contributed by atoms with Gasteiger partial charge in [-0.05, 0) is 31.3 Å². The van der Waals surface area contributed by atoms with Gasteiger partial charge in [0.2, 0.25) is 0 Å². The molecule has 0 radical (unpaired) electrons. The van der Waals surface area contributed by atoms with E-state index in [1.807, 2.05) is 12.3 Å². The van der Waals surface area contributed by atoms with Gasteiger partial charge in [-0.3, -0.25) is 4.99 Å². The molecule has 0 aromatic rings. The molecule has 0 aliphatic heterocycles. The first kappa shape index (κ1) is 13.0. The van der Waals surface area contributed by atoms with Crippen LogP contribution in [0.2, 0.25) is 0 Å². The average molecular weight is 220 g/mol. The van der Waals surface area contributed by atoms with Crippen LogP contribution in [0.4, 0.5) is 0 Å². The van der Waals surface area contributed by atoms with Crippen molar-refractivity contribution in [2.24, 2.45) is 10.9 Å². The first-order valence-electron chi connectivity index (χ1n) is 6.36. The summed E-state index contributed by atoms with van der Waals surface area (Å²) in [6.07, 6.45) is 8.59. The smallest absolute Gasteiger partial charge is 0.103 e. The van der Waals surface area contributed by atoms with E-state index in [1.165, 1.54) is 18.4 Å². The fourth-order valence-corrected chi connectivity index (χ4v) is 1.37. The molecule has 1 atom stereocenters. The summed E-state index contributed by atoms with van der Waals surface area (Å²) >= 11 is 0. The molecule has 1 N–H and O–H groups in total. The first-order chi connectivity index (χ1) is 7.71. The number of amidine groups is 1. The third-order valence-electron chi connectivity index (χ3n) is 3.02. The van der Waals surface area contributed by atoms with E-state index >= 15 is 0 Å². The molecule has 0 heterocycles. The summed E-state index contributed by atoms with van der Waals surface area (Å²) in [5, 5.41) is 3.36. The number of nitrogens with zero attached hydrogens (tertiary/aromatic N) is 1. The molecule has 0 aromatic carbocycles. The van der Waals surface area contributed by atoms with Crippen LogP contribution in [-0.2, 0) is 0 Å². The topological polar surface area (TPSA) is 24.4 Å². The maximum atomic E-state index is 4.73. The van der Waals surface area contributed by atoms with Gasteiger partial charge in [0.05, 0.1) is 6.04 Å². The number of nitrogens with one attached hydrogen (secondary N) is 1. The van der Waals surface area contributed by atoms with Gasteiger partial charge in [0.1, 0.15) is 5.84 Å². The van der Waals surface area contributed by atoms with Gasteiger partial charge in [-0.15, -0.1) is 0 Å². The van der Waals surface area contributed by atoms with E-state index in [0.29, 0.717) is 12.0 Å². The molecule has 1 rings (SSSR count). The zero-order valence-corrected chi connectivity index (χ0v) is 10.8. The minimum Gasteiger partial charge on any atom is -0.350 e. The van der Waals surface area contributed by atoms with Gasteiger partial charge in [-0.2, -0.15) is 0 Å². The Balaban J connectivity index is 2.62. The van der Waals surface area contributed by atoms with Gasteiger partial charge in [0, 0.05) is 12.1 Å². The maximum Gasteiger partial charge on any atom is 0.103 e. The Morgan fingerprint density at radius 3 is 2.62 bits per heavy atom. The average Bonchev–Trinajstić information content (AvgIpc) is 3.11. The molecular weight excluding hydrogens is 196 g/mol. The highest BCUT2D eigenvalue weighted by Crippen LogP contribution is 2.24. The molecule has 1 fully saturated rings. The first-order valence-corrected chi connectivity index (χ1v) is 6.36. The Hall–Kier alpha value is -1.05. The molecule has 16 heavy (non-hydrogen) atoms. The summed E-state index contributed by atoms with van der Waals surface area (Å²) in [6, 6.07) is 0.582. The van der Waals surface area contributed by atoms with Crippen molar-refractivity contribution in [1.82, 2.24) is 5.32 Å². The molecule has 2 nitrogen and oxygen atoms in total. The zero-order chi connectivity index (χ0) is 12.0. The number of rotatable bonds is 6. The standard InChI is InChI=1S/C14H24N2/c1-5-11(4)14(16-13-8-9-13)15-10-12(6-2)7-3/h6,10-11,13H,2,5,7-9H2,1,3-4H3,(H,15,16)/b12-10+. The second-order valence-corrected chi connectivity index (χ2v) is 4.48. The minimum atomic E-state index is 0.514. The van der Waals surface area contributed by atoms with Crippen LogP contribution in [0.3, 0.4) is 0 Å². The van der Waals surface area contributed by atoms with Crippen LogP contribution in [0.15, 0.2) is 29.4 Å². The fraction of sp³-hybridized carbons (Fsp3) is 0.643. The minimum absolute atomic E-state index is 0.514. The Bertz CT molecular complexity index is 285. The normalized spacial score (nSPS) is 19.4. The van der Waals surface area contributed by atoms with Gasteiger partial charge in [-0.25, -0.2) is 0 Å². The van der Waals surface area contributed by atoms with Crippen molar-refractivity contribution in [3.63, 3.8) is 0 Å². The van der Waals surface area contributed by atoms with Crippen molar-refractivity contribution in [3.8, 4) is 0 Å². The summed E-state index contributed by atoms with van der Waals surface area (Å²) in [5.41, 5.74) is 1.23. The highest BCUT2D eigenvalue weighted by atomic mass is 15.0. The SMILES string of the molecule is C=C/C(=C\NC(=NC1CC1)C(C)CC)CC. The van der Waals surface area contributed by atoms with Crippen molar-refractivity contribution in [1.29, 1.82) is 0 Å². The van der Waals surface area contributed by atoms with Gasteiger partial charge in [-0.1, -0.05) is 33.4 Å². The molecule has 0 bridgehead atoms. The Labute approximate surface area is 99.5 Å². The number of aliphatic imine (C=N–C) groups is 1. The van der Waals surface area contributed by atoms with Gasteiger partial charge < -0.3 is 5.32 Å². The predicted molar refractivity (Wildman–Crippen MR) is 71.6 cm³/mol. The van der Waals surface area contributed by atoms with Gasteiger partial charge in [0.15, 0.2) is 0 Å².